The van der Waals surface area contributed by atoms with Gasteiger partial charge in [-0.15, -0.1) is 0 Å². The molecule has 4 nitrogen and oxygen atoms in total. The molecule has 2 aromatic rings. The highest BCUT2D eigenvalue weighted by atomic mass is 35.5. The molecule has 1 N–H and O–H groups in total. The van der Waals surface area contributed by atoms with E-state index >= 15 is 0 Å². The van der Waals surface area contributed by atoms with E-state index in [0.29, 0.717) is 16.5 Å². The van der Waals surface area contributed by atoms with Crippen molar-refractivity contribution in [3.8, 4) is 11.5 Å². The number of carboxylic acids is 1. The Bertz CT molecular complexity index is 750. The van der Waals surface area contributed by atoms with Crippen LogP contribution in [-0.2, 0) is 16.6 Å². The second-order valence-corrected chi connectivity index (χ2v) is 7.27. The summed E-state index contributed by atoms with van der Waals surface area (Å²) in [6.45, 7) is 6.19. The predicted octanol–water partition coefficient (Wildman–Crippen LogP) is 4.72. The molecule has 134 valence electrons. The van der Waals surface area contributed by atoms with E-state index in [4.69, 9.17) is 21.1 Å². The van der Waals surface area contributed by atoms with Crippen LogP contribution in [-0.4, -0.2) is 24.3 Å². The zero-order chi connectivity index (χ0) is 18.6. The molecule has 0 radical (unpaired) electrons. The monoisotopic (exact) mass is 362 g/mol. The molecule has 0 bridgehead atoms. The van der Waals surface area contributed by atoms with E-state index in [2.05, 4.69) is 20.8 Å². The first kappa shape index (κ1) is 19.1. The van der Waals surface area contributed by atoms with E-state index < -0.39 is 12.1 Å². The van der Waals surface area contributed by atoms with Crippen molar-refractivity contribution in [2.24, 2.45) is 0 Å². The largest absolute Gasteiger partial charge is 0.495 e. The van der Waals surface area contributed by atoms with E-state index in [1.807, 2.05) is 18.2 Å². The number of rotatable bonds is 6. The lowest BCUT2D eigenvalue weighted by atomic mass is 9.86. The molecule has 0 aliphatic heterocycles. The first-order chi connectivity index (χ1) is 11.7. The topological polar surface area (TPSA) is 55.8 Å². The third kappa shape index (κ3) is 4.89. The van der Waals surface area contributed by atoms with Crippen LogP contribution in [0.5, 0.6) is 11.5 Å². The van der Waals surface area contributed by atoms with Gasteiger partial charge in [0.15, 0.2) is 6.10 Å². The quantitative estimate of drug-likeness (QED) is 0.807. The van der Waals surface area contributed by atoms with Gasteiger partial charge in [0.05, 0.1) is 12.1 Å². The van der Waals surface area contributed by atoms with Crippen LogP contribution in [0.3, 0.4) is 0 Å². The average molecular weight is 363 g/mol. The number of halogens is 1. The second kappa shape index (κ2) is 7.79. The normalized spacial score (nSPS) is 12.5. The van der Waals surface area contributed by atoms with Gasteiger partial charge >= 0.3 is 5.97 Å². The number of ether oxygens (including phenoxy) is 2. The SMILES string of the molecule is COc1ccc(C[C@@H](Oc2ccccc2C(C)(C)C)C(=O)O)cc1Cl. The maximum atomic E-state index is 11.7. The number of benzene rings is 2. The fourth-order valence-electron chi connectivity index (χ4n) is 2.57. The molecule has 0 fully saturated rings. The highest BCUT2D eigenvalue weighted by Gasteiger charge is 2.25. The Hall–Kier alpha value is -2.20. The van der Waals surface area contributed by atoms with Crippen LogP contribution in [0.25, 0.3) is 0 Å². The van der Waals surface area contributed by atoms with Crippen LogP contribution in [0.1, 0.15) is 31.9 Å². The van der Waals surface area contributed by atoms with Crippen molar-refractivity contribution in [1.82, 2.24) is 0 Å². The van der Waals surface area contributed by atoms with Gasteiger partial charge in [0, 0.05) is 6.42 Å². The minimum atomic E-state index is -1.02. The van der Waals surface area contributed by atoms with Gasteiger partial charge in [0.25, 0.3) is 0 Å². The van der Waals surface area contributed by atoms with Gasteiger partial charge in [-0.1, -0.05) is 56.6 Å². The molecular weight excluding hydrogens is 340 g/mol. The highest BCUT2D eigenvalue weighted by Crippen LogP contribution is 2.32. The summed E-state index contributed by atoms with van der Waals surface area (Å²) in [6, 6.07) is 12.7. The Kier molecular flexibility index (Phi) is 5.96. The van der Waals surface area contributed by atoms with E-state index in [0.717, 1.165) is 11.1 Å². The minimum Gasteiger partial charge on any atom is -0.495 e. The van der Waals surface area contributed by atoms with Crippen LogP contribution in [0.4, 0.5) is 0 Å². The first-order valence-electron chi connectivity index (χ1n) is 8.03. The summed E-state index contributed by atoms with van der Waals surface area (Å²) in [4.78, 5) is 11.7. The van der Waals surface area contributed by atoms with Crippen LogP contribution < -0.4 is 9.47 Å². The molecule has 25 heavy (non-hydrogen) atoms. The van der Waals surface area contributed by atoms with Crippen LogP contribution in [0.15, 0.2) is 42.5 Å². The van der Waals surface area contributed by atoms with Crippen LogP contribution in [0.2, 0.25) is 5.02 Å². The van der Waals surface area contributed by atoms with Gasteiger partial charge in [-0.2, -0.15) is 0 Å². The summed E-state index contributed by atoms with van der Waals surface area (Å²) in [5.74, 6) is 0.119. The Morgan fingerprint density at radius 1 is 1.16 bits per heavy atom. The van der Waals surface area contributed by atoms with Gasteiger partial charge in [-0.05, 0) is 34.7 Å². The van der Waals surface area contributed by atoms with Crippen molar-refractivity contribution in [2.45, 2.75) is 38.7 Å². The maximum Gasteiger partial charge on any atom is 0.345 e. The second-order valence-electron chi connectivity index (χ2n) is 6.86. The van der Waals surface area contributed by atoms with Crippen molar-refractivity contribution < 1.29 is 19.4 Å². The smallest absolute Gasteiger partial charge is 0.345 e. The summed E-state index contributed by atoms with van der Waals surface area (Å²) in [5.41, 5.74) is 1.59. The molecule has 0 saturated heterocycles. The number of hydrogen-bond donors (Lipinski definition) is 1. The standard InChI is InChI=1S/C20H23ClO4/c1-20(2,3)14-7-5-6-8-16(14)25-18(19(22)23)12-13-9-10-17(24-4)15(21)11-13/h5-11,18H,12H2,1-4H3,(H,22,23)/t18-/m1/s1. The Labute approximate surface area is 153 Å². The minimum absolute atomic E-state index is 0.150. The number of methoxy groups -OCH3 is 1. The Balaban J connectivity index is 2.26. The summed E-state index contributed by atoms with van der Waals surface area (Å²) in [5, 5.41) is 10.0. The van der Waals surface area contributed by atoms with Crippen LogP contribution >= 0.6 is 11.6 Å². The highest BCUT2D eigenvalue weighted by molar-refractivity contribution is 6.32. The van der Waals surface area contributed by atoms with E-state index in [9.17, 15) is 9.90 Å². The molecule has 0 aromatic heterocycles. The fraction of sp³-hybridized carbons (Fsp3) is 0.350. The lowest BCUT2D eigenvalue weighted by Crippen LogP contribution is -2.30. The molecule has 0 aliphatic rings. The average Bonchev–Trinajstić information content (AvgIpc) is 2.54. The molecule has 2 rings (SSSR count). The van der Waals surface area contributed by atoms with Gasteiger partial charge in [-0.3, -0.25) is 0 Å². The van der Waals surface area contributed by atoms with Crippen molar-refractivity contribution in [2.75, 3.05) is 7.11 Å². The van der Waals surface area contributed by atoms with Crippen molar-refractivity contribution in [3.05, 3.63) is 58.6 Å². The van der Waals surface area contributed by atoms with Crippen molar-refractivity contribution in [3.63, 3.8) is 0 Å². The van der Waals surface area contributed by atoms with Crippen LogP contribution in [0, 0.1) is 0 Å². The lowest BCUT2D eigenvalue weighted by molar-refractivity contribution is -0.145. The third-order valence-corrected chi connectivity index (χ3v) is 4.17. The number of carbonyl (C=O) groups is 1. The first-order valence-corrected chi connectivity index (χ1v) is 8.41. The molecule has 1 atom stereocenters. The molecule has 0 heterocycles. The number of hydrogen-bond acceptors (Lipinski definition) is 3. The maximum absolute atomic E-state index is 11.7. The third-order valence-electron chi connectivity index (χ3n) is 3.88. The molecule has 2 aromatic carbocycles. The van der Waals surface area contributed by atoms with E-state index in [-0.39, 0.29) is 11.8 Å². The van der Waals surface area contributed by atoms with Gasteiger partial charge in [0.2, 0.25) is 0 Å². The molecule has 5 heteroatoms. The number of carboxylic acid groups (broad SMARTS) is 1. The van der Waals surface area contributed by atoms with Gasteiger partial charge in [-0.25, -0.2) is 4.79 Å². The Morgan fingerprint density at radius 3 is 2.40 bits per heavy atom. The summed E-state index contributed by atoms with van der Waals surface area (Å²) >= 11 is 6.12. The number of aliphatic carboxylic acids is 1. The summed E-state index contributed by atoms with van der Waals surface area (Å²) < 4.78 is 11.0. The predicted molar refractivity (Wildman–Crippen MR) is 98.9 cm³/mol. The molecule has 0 amide bonds. The zero-order valence-electron chi connectivity index (χ0n) is 14.9. The molecule has 0 unspecified atom stereocenters. The van der Waals surface area contributed by atoms with Crippen molar-refractivity contribution in [1.29, 1.82) is 0 Å². The number of para-hydroxylation sites is 1. The molecule has 0 aliphatic carbocycles. The zero-order valence-corrected chi connectivity index (χ0v) is 15.6. The van der Waals surface area contributed by atoms with E-state index in [1.165, 1.54) is 7.11 Å². The summed E-state index contributed by atoms with van der Waals surface area (Å²) in [6.07, 6.45) is -0.801. The fourth-order valence-corrected chi connectivity index (χ4v) is 2.85. The van der Waals surface area contributed by atoms with Crippen molar-refractivity contribution >= 4 is 17.6 Å². The Morgan fingerprint density at radius 2 is 1.84 bits per heavy atom. The van der Waals surface area contributed by atoms with Gasteiger partial charge < -0.3 is 14.6 Å². The molecule has 0 spiro atoms. The molecule has 0 saturated carbocycles. The summed E-state index contributed by atoms with van der Waals surface area (Å²) in [7, 11) is 1.54. The lowest BCUT2D eigenvalue weighted by Gasteiger charge is -2.25. The molecular formula is C20H23ClO4. The van der Waals surface area contributed by atoms with Gasteiger partial charge in [0.1, 0.15) is 11.5 Å². The van der Waals surface area contributed by atoms with E-state index in [1.54, 1.807) is 24.3 Å².